The van der Waals surface area contributed by atoms with Crippen molar-refractivity contribution in [3.05, 3.63) is 21.3 Å². The number of nitrogens with one attached hydrogen (secondary N) is 1. The molecule has 3 rings (SSSR count). The van der Waals surface area contributed by atoms with Crippen LogP contribution in [0.3, 0.4) is 0 Å². The Bertz CT molecular complexity index is 645. The second-order valence-corrected chi connectivity index (χ2v) is 9.87. The molecule has 22 heavy (non-hydrogen) atoms. The number of halogens is 1. The van der Waals surface area contributed by atoms with Gasteiger partial charge in [0.2, 0.25) is 5.91 Å². The van der Waals surface area contributed by atoms with E-state index < -0.39 is 9.84 Å². The van der Waals surface area contributed by atoms with Crippen molar-refractivity contribution in [3.8, 4) is 0 Å². The van der Waals surface area contributed by atoms with E-state index in [1.807, 2.05) is 17.0 Å². The molecule has 0 spiro atoms. The van der Waals surface area contributed by atoms with E-state index in [0.29, 0.717) is 25.9 Å². The highest BCUT2D eigenvalue weighted by molar-refractivity contribution is 7.91. The van der Waals surface area contributed by atoms with E-state index >= 15 is 0 Å². The second-order valence-electron chi connectivity index (χ2n) is 5.82. The molecule has 0 radical (unpaired) electrons. The van der Waals surface area contributed by atoms with Gasteiger partial charge in [0.25, 0.3) is 0 Å². The average molecular weight is 363 g/mol. The Kier molecular flexibility index (Phi) is 4.77. The van der Waals surface area contributed by atoms with Gasteiger partial charge in [0.05, 0.1) is 21.9 Å². The van der Waals surface area contributed by atoms with Gasteiger partial charge in [-0.2, -0.15) is 0 Å². The Morgan fingerprint density at radius 3 is 2.68 bits per heavy atom. The predicted molar refractivity (Wildman–Crippen MR) is 88.0 cm³/mol. The topological polar surface area (TPSA) is 66.5 Å². The lowest BCUT2D eigenvalue weighted by molar-refractivity contribution is -0.139. The Hall–Kier alpha value is -0.630. The molecule has 0 aromatic carbocycles. The Morgan fingerprint density at radius 2 is 2.05 bits per heavy atom. The van der Waals surface area contributed by atoms with Crippen LogP contribution in [-0.2, 0) is 14.6 Å². The summed E-state index contributed by atoms with van der Waals surface area (Å²) in [6.07, 6.45) is 0.895. The van der Waals surface area contributed by atoms with Crippen LogP contribution in [0.5, 0.6) is 0 Å². The third kappa shape index (κ3) is 3.48. The van der Waals surface area contributed by atoms with Gasteiger partial charge in [0, 0.05) is 30.4 Å². The normalized spacial score (nSPS) is 26.0. The number of carbonyl (C=O) groups is 1. The summed E-state index contributed by atoms with van der Waals surface area (Å²) in [5, 5.41) is 3.32. The first-order valence-corrected chi connectivity index (χ1v) is 10.4. The molecule has 1 N–H and O–H groups in total. The molecule has 1 amide bonds. The van der Waals surface area contributed by atoms with E-state index in [9.17, 15) is 13.2 Å². The zero-order valence-electron chi connectivity index (χ0n) is 12.1. The second kappa shape index (κ2) is 6.47. The Labute approximate surface area is 139 Å². The van der Waals surface area contributed by atoms with Gasteiger partial charge in [-0.3, -0.25) is 4.79 Å². The molecule has 1 aromatic heterocycles. The van der Waals surface area contributed by atoms with E-state index in [0.717, 1.165) is 15.8 Å². The van der Waals surface area contributed by atoms with Crippen molar-refractivity contribution in [3.63, 3.8) is 0 Å². The van der Waals surface area contributed by atoms with Crippen LogP contribution in [0.15, 0.2) is 12.1 Å². The maximum absolute atomic E-state index is 12.8. The number of thiophene rings is 1. The first-order valence-electron chi connectivity index (χ1n) is 7.43. The predicted octanol–water partition coefficient (Wildman–Crippen LogP) is 1.70. The summed E-state index contributed by atoms with van der Waals surface area (Å²) in [5.41, 5.74) is 0. The average Bonchev–Trinajstić information content (AvgIpc) is 2.93. The van der Waals surface area contributed by atoms with Crippen molar-refractivity contribution in [1.29, 1.82) is 0 Å². The van der Waals surface area contributed by atoms with Crippen LogP contribution in [0.4, 0.5) is 0 Å². The fraction of sp³-hybridized carbons (Fsp3) is 0.643. The summed E-state index contributed by atoms with van der Waals surface area (Å²) in [4.78, 5) is 15.8. The number of sulfone groups is 1. The van der Waals surface area contributed by atoms with Gasteiger partial charge in [-0.05, 0) is 25.0 Å². The van der Waals surface area contributed by atoms with Crippen LogP contribution < -0.4 is 5.32 Å². The third-order valence-corrected chi connectivity index (χ3v) is 7.40. The first kappa shape index (κ1) is 16.2. The molecule has 8 heteroatoms. The quantitative estimate of drug-likeness (QED) is 0.869. The molecule has 2 saturated heterocycles. The van der Waals surface area contributed by atoms with Gasteiger partial charge in [-0.25, -0.2) is 8.42 Å². The molecule has 0 saturated carbocycles. The molecule has 3 heterocycles. The molecule has 1 aromatic rings. The number of hydrogen-bond acceptors (Lipinski definition) is 5. The minimum absolute atomic E-state index is 0.00252. The molecule has 2 fully saturated rings. The van der Waals surface area contributed by atoms with E-state index in [2.05, 4.69) is 5.32 Å². The lowest BCUT2D eigenvalue weighted by atomic mass is 9.99. The summed E-state index contributed by atoms with van der Waals surface area (Å²) in [6.45, 7) is 2.14. The maximum Gasteiger partial charge on any atom is 0.226 e. The number of piperazine rings is 1. The van der Waals surface area contributed by atoms with Crippen LogP contribution in [0.2, 0.25) is 4.34 Å². The molecule has 122 valence electrons. The zero-order valence-corrected chi connectivity index (χ0v) is 14.5. The number of carbonyl (C=O) groups excluding carboxylic acids is 1. The number of amides is 1. The summed E-state index contributed by atoms with van der Waals surface area (Å²) >= 11 is 7.51. The first-order chi connectivity index (χ1) is 10.5. The number of rotatable bonds is 2. The molecular formula is C14H19ClN2O3S2. The Morgan fingerprint density at radius 1 is 1.32 bits per heavy atom. The molecule has 0 bridgehead atoms. The van der Waals surface area contributed by atoms with Crippen molar-refractivity contribution in [1.82, 2.24) is 10.2 Å². The highest BCUT2D eigenvalue weighted by Crippen LogP contribution is 2.33. The van der Waals surface area contributed by atoms with Crippen molar-refractivity contribution in [2.45, 2.75) is 18.9 Å². The minimum Gasteiger partial charge on any atom is -0.332 e. The van der Waals surface area contributed by atoms with Crippen LogP contribution >= 0.6 is 22.9 Å². The highest BCUT2D eigenvalue weighted by atomic mass is 35.5. The summed E-state index contributed by atoms with van der Waals surface area (Å²) < 4.78 is 23.8. The molecule has 2 aliphatic heterocycles. The Balaban J connectivity index is 1.74. The summed E-state index contributed by atoms with van der Waals surface area (Å²) in [5.74, 6) is 0.182. The van der Waals surface area contributed by atoms with E-state index in [-0.39, 0.29) is 29.4 Å². The fourth-order valence-electron chi connectivity index (χ4n) is 3.10. The van der Waals surface area contributed by atoms with E-state index in [1.54, 1.807) is 0 Å². The largest absolute Gasteiger partial charge is 0.332 e. The maximum atomic E-state index is 12.8. The minimum atomic E-state index is -2.94. The summed E-state index contributed by atoms with van der Waals surface area (Å²) in [7, 11) is -2.94. The monoisotopic (exact) mass is 362 g/mol. The van der Waals surface area contributed by atoms with Gasteiger partial charge >= 0.3 is 0 Å². The van der Waals surface area contributed by atoms with Crippen molar-refractivity contribution in [2.75, 3.05) is 31.1 Å². The molecule has 5 nitrogen and oxygen atoms in total. The van der Waals surface area contributed by atoms with Crippen molar-refractivity contribution < 1.29 is 13.2 Å². The molecular weight excluding hydrogens is 344 g/mol. The number of nitrogens with zero attached hydrogens (tertiary/aromatic N) is 1. The van der Waals surface area contributed by atoms with Crippen LogP contribution in [0.25, 0.3) is 0 Å². The van der Waals surface area contributed by atoms with Crippen LogP contribution in [-0.4, -0.2) is 50.4 Å². The van der Waals surface area contributed by atoms with E-state index in [4.69, 9.17) is 11.6 Å². The molecule has 1 unspecified atom stereocenters. The smallest absolute Gasteiger partial charge is 0.226 e. The van der Waals surface area contributed by atoms with Crippen LogP contribution in [0.1, 0.15) is 23.8 Å². The lowest BCUT2D eigenvalue weighted by Gasteiger charge is -2.38. The zero-order chi connectivity index (χ0) is 15.7. The standard InChI is InChI=1S/C14H19ClN2O3S2/c15-13-2-1-12(21-13)11-9-16-5-6-17(11)14(18)10-3-7-22(19,20)8-4-10/h1-2,10-11,16H,3-9H2. The SMILES string of the molecule is O=C(C1CCS(=O)(=O)CC1)N1CCNCC1c1ccc(Cl)s1. The van der Waals surface area contributed by atoms with Gasteiger partial charge in [0.1, 0.15) is 9.84 Å². The fourth-order valence-corrected chi connectivity index (χ4v) is 5.77. The van der Waals surface area contributed by atoms with Crippen molar-refractivity contribution >= 4 is 38.7 Å². The van der Waals surface area contributed by atoms with Gasteiger partial charge in [-0.1, -0.05) is 11.6 Å². The third-order valence-electron chi connectivity index (χ3n) is 4.35. The van der Waals surface area contributed by atoms with Crippen molar-refractivity contribution in [2.24, 2.45) is 5.92 Å². The van der Waals surface area contributed by atoms with Crippen LogP contribution in [0, 0.1) is 5.92 Å². The highest BCUT2D eigenvalue weighted by Gasteiger charge is 2.35. The number of hydrogen-bond donors (Lipinski definition) is 1. The lowest BCUT2D eigenvalue weighted by Crippen LogP contribution is -2.51. The molecule has 1 atom stereocenters. The van der Waals surface area contributed by atoms with Gasteiger partial charge in [0.15, 0.2) is 0 Å². The van der Waals surface area contributed by atoms with Gasteiger partial charge in [-0.15, -0.1) is 11.3 Å². The molecule has 0 aliphatic carbocycles. The molecule has 2 aliphatic rings. The van der Waals surface area contributed by atoms with Gasteiger partial charge < -0.3 is 10.2 Å². The van der Waals surface area contributed by atoms with E-state index in [1.165, 1.54) is 11.3 Å². The summed E-state index contributed by atoms with van der Waals surface area (Å²) in [6, 6.07) is 3.82.